The predicted octanol–water partition coefficient (Wildman–Crippen LogP) is 5.22. The molecule has 0 saturated carbocycles. The van der Waals surface area contributed by atoms with Gasteiger partial charge in [0, 0.05) is 11.7 Å². The van der Waals surface area contributed by atoms with E-state index in [1.165, 1.54) is 11.1 Å². The summed E-state index contributed by atoms with van der Waals surface area (Å²) in [5, 5.41) is 4.08. The molecule has 2 nitrogen and oxygen atoms in total. The van der Waals surface area contributed by atoms with Gasteiger partial charge in [0.2, 0.25) is 0 Å². The maximum atomic E-state index is 6.19. The van der Waals surface area contributed by atoms with Crippen molar-refractivity contribution in [3.05, 3.63) is 58.6 Å². The van der Waals surface area contributed by atoms with Gasteiger partial charge in [-0.15, -0.1) is 0 Å². The van der Waals surface area contributed by atoms with Crippen molar-refractivity contribution in [3.8, 4) is 5.75 Å². The van der Waals surface area contributed by atoms with E-state index in [0.29, 0.717) is 11.6 Å². The first-order valence-corrected chi connectivity index (χ1v) is 7.23. The third-order valence-corrected chi connectivity index (χ3v) is 3.49. The summed E-state index contributed by atoms with van der Waals surface area (Å²) in [6.07, 6.45) is 0. The lowest BCUT2D eigenvalue weighted by molar-refractivity contribution is 0.340. The lowest BCUT2D eigenvalue weighted by Gasteiger charge is -2.17. The average Bonchev–Trinajstić information content (AvgIpc) is 2.42. The van der Waals surface area contributed by atoms with E-state index in [4.69, 9.17) is 16.3 Å². The number of nitrogens with one attached hydrogen (secondary N) is 1. The van der Waals surface area contributed by atoms with Gasteiger partial charge in [0.1, 0.15) is 5.75 Å². The van der Waals surface area contributed by atoms with Crippen molar-refractivity contribution >= 4 is 17.3 Å². The smallest absolute Gasteiger partial charge is 0.138 e. The molecule has 20 heavy (non-hydrogen) atoms. The quantitative estimate of drug-likeness (QED) is 0.815. The minimum atomic E-state index is 0.226. The molecule has 2 rings (SSSR count). The minimum Gasteiger partial charge on any atom is -0.492 e. The number of hydrogen-bond donors (Lipinski definition) is 1. The molecule has 0 spiro atoms. The van der Waals surface area contributed by atoms with Gasteiger partial charge in [-0.05, 0) is 44.5 Å². The van der Waals surface area contributed by atoms with Crippen LogP contribution in [0.2, 0.25) is 5.02 Å². The summed E-state index contributed by atoms with van der Waals surface area (Å²) in [5.74, 6) is 0.725. The fourth-order valence-electron chi connectivity index (χ4n) is 2.05. The zero-order valence-corrected chi connectivity index (χ0v) is 12.9. The normalized spacial score (nSPS) is 12.0. The highest BCUT2D eigenvalue weighted by Crippen LogP contribution is 2.29. The molecule has 0 aliphatic carbocycles. The molecule has 0 heterocycles. The van der Waals surface area contributed by atoms with Gasteiger partial charge in [-0.3, -0.25) is 0 Å². The predicted molar refractivity (Wildman–Crippen MR) is 85.8 cm³/mol. The fraction of sp³-hybridized carbons (Fsp3) is 0.294. The largest absolute Gasteiger partial charge is 0.492 e. The second-order valence-electron chi connectivity index (χ2n) is 4.85. The second-order valence-corrected chi connectivity index (χ2v) is 5.26. The Morgan fingerprint density at radius 3 is 2.45 bits per heavy atom. The Hall–Kier alpha value is -1.67. The Bertz CT molecular complexity index is 566. The number of ether oxygens (including phenoxy) is 1. The molecule has 2 aromatic carbocycles. The van der Waals surface area contributed by atoms with Crippen molar-refractivity contribution in [2.24, 2.45) is 0 Å². The van der Waals surface area contributed by atoms with Crippen LogP contribution in [0.1, 0.15) is 31.0 Å². The van der Waals surface area contributed by atoms with Crippen molar-refractivity contribution < 1.29 is 4.74 Å². The summed E-state index contributed by atoms with van der Waals surface area (Å²) < 4.78 is 5.43. The van der Waals surface area contributed by atoms with Crippen LogP contribution in [0.15, 0.2) is 42.5 Å². The van der Waals surface area contributed by atoms with Gasteiger partial charge in [0.25, 0.3) is 0 Å². The van der Waals surface area contributed by atoms with Gasteiger partial charge < -0.3 is 10.1 Å². The van der Waals surface area contributed by atoms with Gasteiger partial charge in [-0.25, -0.2) is 0 Å². The number of rotatable bonds is 5. The first-order valence-electron chi connectivity index (χ1n) is 6.85. The fourth-order valence-corrected chi connectivity index (χ4v) is 2.29. The van der Waals surface area contributed by atoms with Crippen LogP contribution in [0.4, 0.5) is 5.69 Å². The Kier molecular flexibility index (Phi) is 4.91. The van der Waals surface area contributed by atoms with E-state index in [-0.39, 0.29) is 6.04 Å². The summed E-state index contributed by atoms with van der Waals surface area (Å²) in [4.78, 5) is 0. The van der Waals surface area contributed by atoms with E-state index in [0.717, 1.165) is 11.4 Å². The Morgan fingerprint density at radius 2 is 1.85 bits per heavy atom. The van der Waals surface area contributed by atoms with E-state index in [1.807, 2.05) is 25.1 Å². The second kappa shape index (κ2) is 6.67. The van der Waals surface area contributed by atoms with Crippen molar-refractivity contribution in [3.63, 3.8) is 0 Å². The zero-order valence-electron chi connectivity index (χ0n) is 12.1. The van der Waals surface area contributed by atoms with Crippen molar-refractivity contribution in [1.82, 2.24) is 0 Å². The van der Waals surface area contributed by atoms with Crippen LogP contribution in [0.5, 0.6) is 5.75 Å². The standard InChI is InChI=1S/C17H20ClNO/c1-4-20-17-10-9-15(11-16(17)18)19-13(3)14-7-5-12(2)6-8-14/h5-11,13,19H,4H2,1-3H3. The van der Waals surface area contributed by atoms with E-state index in [9.17, 15) is 0 Å². The monoisotopic (exact) mass is 289 g/mol. The number of aryl methyl sites for hydroxylation is 1. The minimum absolute atomic E-state index is 0.226. The molecule has 2 aromatic rings. The third-order valence-electron chi connectivity index (χ3n) is 3.19. The Morgan fingerprint density at radius 1 is 1.15 bits per heavy atom. The van der Waals surface area contributed by atoms with Crippen molar-refractivity contribution in [2.75, 3.05) is 11.9 Å². The molecule has 106 valence electrons. The van der Waals surface area contributed by atoms with Gasteiger partial charge in [-0.2, -0.15) is 0 Å². The van der Waals surface area contributed by atoms with Gasteiger partial charge in [0.05, 0.1) is 11.6 Å². The Labute approximate surface area is 125 Å². The van der Waals surface area contributed by atoms with E-state index >= 15 is 0 Å². The van der Waals surface area contributed by atoms with Crippen molar-refractivity contribution in [1.29, 1.82) is 0 Å². The van der Waals surface area contributed by atoms with Gasteiger partial charge >= 0.3 is 0 Å². The molecule has 0 saturated heterocycles. The van der Waals surface area contributed by atoms with Crippen LogP contribution in [-0.4, -0.2) is 6.61 Å². The SMILES string of the molecule is CCOc1ccc(NC(C)c2ccc(C)cc2)cc1Cl. The van der Waals surface area contributed by atoms with Gasteiger partial charge in [0.15, 0.2) is 0 Å². The highest BCUT2D eigenvalue weighted by atomic mass is 35.5. The van der Waals surface area contributed by atoms with E-state index < -0.39 is 0 Å². The molecule has 1 N–H and O–H groups in total. The van der Waals surface area contributed by atoms with Crippen LogP contribution in [0, 0.1) is 6.92 Å². The third kappa shape index (κ3) is 3.67. The van der Waals surface area contributed by atoms with Crippen LogP contribution in [-0.2, 0) is 0 Å². The van der Waals surface area contributed by atoms with E-state index in [2.05, 4.69) is 43.4 Å². The van der Waals surface area contributed by atoms with E-state index in [1.54, 1.807) is 0 Å². The van der Waals surface area contributed by atoms with Crippen LogP contribution in [0.25, 0.3) is 0 Å². The molecule has 0 radical (unpaired) electrons. The molecule has 1 atom stereocenters. The molecule has 0 aromatic heterocycles. The molecule has 0 amide bonds. The van der Waals surface area contributed by atoms with Crippen LogP contribution < -0.4 is 10.1 Å². The van der Waals surface area contributed by atoms with Crippen molar-refractivity contribution in [2.45, 2.75) is 26.8 Å². The molecular weight excluding hydrogens is 270 g/mol. The zero-order chi connectivity index (χ0) is 14.5. The van der Waals surface area contributed by atoms with Gasteiger partial charge in [-0.1, -0.05) is 41.4 Å². The highest BCUT2D eigenvalue weighted by molar-refractivity contribution is 6.32. The summed E-state index contributed by atoms with van der Waals surface area (Å²) in [6.45, 7) is 6.79. The number of benzene rings is 2. The van der Waals surface area contributed by atoms with Crippen LogP contribution in [0.3, 0.4) is 0 Å². The molecule has 0 aliphatic rings. The summed E-state index contributed by atoms with van der Waals surface area (Å²) >= 11 is 6.19. The maximum absolute atomic E-state index is 6.19. The topological polar surface area (TPSA) is 21.3 Å². The molecule has 0 fully saturated rings. The highest BCUT2D eigenvalue weighted by Gasteiger charge is 2.07. The summed E-state index contributed by atoms with van der Waals surface area (Å²) in [5.41, 5.74) is 3.51. The summed E-state index contributed by atoms with van der Waals surface area (Å²) in [6, 6.07) is 14.5. The first kappa shape index (κ1) is 14.7. The number of anilines is 1. The molecule has 0 aliphatic heterocycles. The molecule has 3 heteroatoms. The molecule has 1 unspecified atom stereocenters. The average molecular weight is 290 g/mol. The number of halogens is 1. The summed E-state index contributed by atoms with van der Waals surface area (Å²) in [7, 11) is 0. The lowest BCUT2D eigenvalue weighted by Crippen LogP contribution is -2.06. The number of hydrogen-bond acceptors (Lipinski definition) is 2. The first-order chi connectivity index (χ1) is 9.60. The molecule has 0 bridgehead atoms. The molecular formula is C17H20ClNO. The van der Waals surface area contributed by atoms with Crippen LogP contribution >= 0.6 is 11.6 Å². The lowest BCUT2D eigenvalue weighted by atomic mass is 10.1. The maximum Gasteiger partial charge on any atom is 0.138 e. The Balaban J connectivity index is 2.09.